The van der Waals surface area contributed by atoms with E-state index in [-0.39, 0.29) is 42.3 Å². The van der Waals surface area contributed by atoms with Crippen molar-refractivity contribution in [3.8, 4) is 23.0 Å². The topological polar surface area (TPSA) is 153 Å². The molecule has 0 saturated carbocycles. The summed E-state index contributed by atoms with van der Waals surface area (Å²) in [6.07, 6.45) is 4.49. The molecule has 0 bridgehead atoms. The molecule has 7 rings (SSSR count). The van der Waals surface area contributed by atoms with Gasteiger partial charge < -0.3 is 38.6 Å². The molecule has 3 amide bonds. The Balaban J connectivity index is 0.972. The van der Waals surface area contributed by atoms with Crippen LogP contribution in [0.3, 0.4) is 0 Å². The van der Waals surface area contributed by atoms with Gasteiger partial charge in [0, 0.05) is 43.4 Å². The molecular formula is C41H45N5O9S2. The Hall–Kier alpha value is -5.19. The maximum atomic E-state index is 13.9. The van der Waals surface area contributed by atoms with Crippen LogP contribution in [0, 0.1) is 0 Å². The van der Waals surface area contributed by atoms with Crippen molar-refractivity contribution in [1.29, 1.82) is 0 Å². The molecule has 16 heteroatoms. The second-order valence-corrected chi connectivity index (χ2v) is 16.4. The fourth-order valence-electron chi connectivity index (χ4n) is 7.27. The summed E-state index contributed by atoms with van der Waals surface area (Å²) >= 11 is 0. The molecule has 0 aliphatic carbocycles. The first-order valence-electron chi connectivity index (χ1n) is 18.7. The van der Waals surface area contributed by atoms with Crippen LogP contribution in [-0.2, 0) is 4.74 Å². The van der Waals surface area contributed by atoms with Gasteiger partial charge in [-0.1, -0.05) is 41.2 Å². The van der Waals surface area contributed by atoms with E-state index < -0.39 is 18.4 Å². The highest BCUT2D eigenvalue weighted by atomic mass is 33.1. The van der Waals surface area contributed by atoms with Crippen molar-refractivity contribution >= 4 is 57.1 Å². The van der Waals surface area contributed by atoms with Crippen LogP contribution in [0.15, 0.2) is 83.0 Å². The SMILES string of the molecule is C=C1CC2C=Nc3cc(OCCCCCOc4cc5c(cc4OC)C(=O)N4CC(=C)CC4[C@H](O)N5C(=O)OCCSSc4ccccn4)c(OC)cc3C(=O)N2C1. The number of methoxy groups -OCH3 is 2. The number of hydrogen-bond acceptors (Lipinski definition) is 13. The minimum atomic E-state index is -1.39. The monoisotopic (exact) mass is 815 g/mol. The zero-order chi connectivity index (χ0) is 40.1. The van der Waals surface area contributed by atoms with E-state index in [2.05, 4.69) is 23.1 Å². The van der Waals surface area contributed by atoms with Gasteiger partial charge >= 0.3 is 6.09 Å². The van der Waals surface area contributed by atoms with Crippen LogP contribution in [0.2, 0.25) is 0 Å². The lowest BCUT2D eigenvalue weighted by Gasteiger charge is -2.31. The van der Waals surface area contributed by atoms with E-state index >= 15 is 0 Å². The lowest BCUT2D eigenvalue weighted by Crippen LogP contribution is -2.51. The summed E-state index contributed by atoms with van der Waals surface area (Å²) < 4.78 is 29.1. The summed E-state index contributed by atoms with van der Waals surface area (Å²) in [6, 6.07) is 11.4. The summed E-state index contributed by atoms with van der Waals surface area (Å²) in [4.78, 5) is 54.2. The molecule has 14 nitrogen and oxygen atoms in total. The van der Waals surface area contributed by atoms with Crippen molar-refractivity contribution in [3.63, 3.8) is 0 Å². The molecule has 3 atom stereocenters. The quantitative estimate of drug-likeness (QED) is 0.0988. The number of aliphatic imine (C=N–C) groups is 1. The van der Waals surface area contributed by atoms with Crippen molar-refractivity contribution in [1.82, 2.24) is 14.8 Å². The van der Waals surface area contributed by atoms with E-state index in [0.717, 1.165) is 27.5 Å². The lowest BCUT2D eigenvalue weighted by molar-refractivity contribution is 0.0493. The van der Waals surface area contributed by atoms with Crippen LogP contribution >= 0.6 is 21.6 Å². The number of anilines is 1. The van der Waals surface area contributed by atoms with Gasteiger partial charge in [-0.05, 0) is 67.2 Å². The summed E-state index contributed by atoms with van der Waals surface area (Å²) in [5.41, 5.74) is 3.14. The van der Waals surface area contributed by atoms with E-state index in [0.29, 0.717) is 85.4 Å². The molecule has 1 N–H and O–H groups in total. The Kier molecular flexibility index (Phi) is 12.6. The molecule has 2 saturated heterocycles. The number of aromatic nitrogens is 1. The molecule has 4 aliphatic rings. The molecule has 0 spiro atoms. The van der Waals surface area contributed by atoms with Gasteiger partial charge in [0.25, 0.3) is 11.8 Å². The first-order chi connectivity index (χ1) is 27.7. The molecule has 4 aliphatic heterocycles. The molecule has 2 unspecified atom stereocenters. The molecule has 0 radical (unpaired) electrons. The van der Waals surface area contributed by atoms with Crippen LogP contribution in [0.25, 0.3) is 0 Å². The Morgan fingerprint density at radius 1 is 0.860 bits per heavy atom. The first-order valence-corrected chi connectivity index (χ1v) is 21.0. The number of carbonyl (C=O) groups excluding carboxylic acids is 3. The van der Waals surface area contributed by atoms with Crippen molar-refractivity contribution in [2.45, 2.75) is 55.4 Å². The molecular weight excluding hydrogens is 771 g/mol. The number of carbonyl (C=O) groups is 3. The highest BCUT2D eigenvalue weighted by Crippen LogP contribution is 2.43. The molecule has 5 heterocycles. The van der Waals surface area contributed by atoms with Gasteiger partial charge in [0.1, 0.15) is 11.6 Å². The Bertz CT molecular complexity index is 2070. The van der Waals surface area contributed by atoms with Crippen molar-refractivity contribution in [2.75, 3.05) is 57.8 Å². The predicted molar refractivity (Wildman–Crippen MR) is 219 cm³/mol. The summed E-state index contributed by atoms with van der Waals surface area (Å²) in [5, 5.41) is 12.5. The van der Waals surface area contributed by atoms with Crippen LogP contribution in [0.1, 0.15) is 52.8 Å². The smallest absolute Gasteiger partial charge is 0.416 e. The van der Waals surface area contributed by atoms with Crippen LogP contribution < -0.4 is 23.8 Å². The van der Waals surface area contributed by atoms with E-state index in [1.54, 1.807) is 41.6 Å². The molecule has 57 heavy (non-hydrogen) atoms. The number of benzene rings is 2. The average molecular weight is 816 g/mol. The van der Waals surface area contributed by atoms with Gasteiger partial charge in [-0.3, -0.25) is 14.6 Å². The van der Waals surface area contributed by atoms with E-state index in [4.69, 9.17) is 23.7 Å². The minimum Gasteiger partial charge on any atom is -0.493 e. The van der Waals surface area contributed by atoms with Crippen LogP contribution in [-0.4, -0.2) is 115 Å². The number of aliphatic hydroxyl groups is 1. The highest BCUT2D eigenvalue weighted by molar-refractivity contribution is 8.76. The third-order valence-electron chi connectivity index (χ3n) is 10.1. The third kappa shape index (κ3) is 8.72. The largest absolute Gasteiger partial charge is 0.493 e. The van der Waals surface area contributed by atoms with Crippen molar-refractivity contribution in [3.05, 3.63) is 84.1 Å². The van der Waals surface area contributed by atoms with Crippen LogP contribution in [0.4, 0.5) is 16.2 Å². The lowest BCUT2D eigenvalue weighted by atomic mass is 10.1. The standard InChI is InChI=1S/C41H45N5O9S2/c1-25-16-27-22-43-30-20-35(33(51-3)18-28(30)38(47)44(27)23-25)53-12-8-5-9-13-54-36-21-31-29(19-34(36)52-4)39(48)45-24-26(2)17-32(45)40(49)46(31)41(50)55-14-15-56-57-37-10-6-7-11-42-37/h6-7,10-11,18-22,27,32,40,49H,1-2,5,8-9,12-17,23-24H2,3-4H3/t27?,32?,40-/m0/s1. The van der Waals surface area contributed by atoms with Crippen molar-refractivity contribution < 1.29 is 43.2 Å². The Morgan fingerprint density at radius 2 is 1.54 bits per heavy atom. The molecule has 2 fully saturated rings. The predicted octanol–water partition coefficient (Wildman–Crippen LogP) is 6.70. The van der Waals surface area contributed by atoms with Crippen molar-refractivity contribution in [2.24, 2.45) is 4.99 Å². The first kappa shape index (κ1) is 40.0. The Labute approximate surface area is 339 Å². The van der Waals surface area contributed by atoms with Crippen LogP contribution in [0.5, 0.6) is 23.0 Å². The number of pyridine rings is 1. The maximum absolute atomic E-state index is 13.9. The maximum Gasteiger partial charge on any atom is 0.416 e. The summed E-state index contributed by atoms with van der Waals surface area (Å²) in [7, 11) is 5.98. The number of aliphatic hydroxyl groups excluding tert-OH is 1. The van der Waals surface area contributed by atoms with Gasteiger partial charge in [0.15, 0.2) is 29.2 Å². The van der Waals surface area contributed by atoms with Gasteiger partial charge in [-0.25, -0.2) is 14.7 Å². The number of ether oxygens (including phenoxy) is 5. The number of rotatable bonds is 15. The average Bonchev–Trinajstić information content (AvgIpc) is 3.75. The second-order valence-electron chi connectivity index (χ2n) is 14.0. The zero-order valence-corrected chi connectivity index (χ0v) is 33.5. The molecule has 3 aromatic rings. The summed E-state index contributed by atoms with van der Waals surface area (Å²) in [6.45, 7) is 9.61. The normalized spacial score (nSPS) is 19.7. The number of fused-ring (bicyclic) bond motifs is 4. The van der Waals surface area contributed by atoms with Gasteiger partial charge in [0.2, 0.25) is 0 Å². The number of amides is 3. The minimum absolute atomic E-state index is 0.0724. The van der Waals surface area contributed by atoms with E-state index in [9.17, 15) is 19.5 Å². The number of unbranched alkanes of at least 4 members (excludes halogenated alkanes) is 2. The number of nitrogens with zero attached hydrogens (tertiary/aromatic N) is 5. The van der Waals surface area contributed by atoms with Gasteiger partial charge in [0.05, 0.1) is 62.0 Å². The third-order valence-corrected chi connectivity index (χ3v) is 12.3. The second kappa shape index (κ2) is 17.9. The van der Waals surface area contributed by atoms with E-state index in [1.165, 1.54) is 40.7 Å². The molecule has 300 valence electrons. The molecule has 1 aromatic heterocycles. The number of hydrogen-bond donors (Lipinski definition) is 1. The highest BCUT2D eigenvalue weighted by Gasteiger charge is 2.46. The van der Waals surface area contributed by atoms with Gasteiger partial charge in [-0.15, -0.1) is 0 Å². The fraction of sp³-hybridized carbons (Fsp3) is 0.390. The zero-order valence-electron chi connectivity index (χ0n) is 31.9. The summed E-state index contributed by atoms with van der Waals surface area (Å²) in [5.74, 6) is 1.60. The molecule has 2 aromatic carbocycles. The fourth-order valence-corrected chi connectivity index (χ4v) is 8.97. The Morgan fingerprint density at radius 3 is 2.26 bits per heavy atom. The van der Waals surface area contributed by atoms with E-state index in [1.807, 2.05) is 18.2 Å². The van der Waals surface area contributed by atoms with Gasteiger partial charge in [-0.2, -0.15) is 0 Å².